The number of rotatable bonds is 4. The fourth-order valence-corrected chi connectivity index (χ4v) is 3.32. The van der Waals surface area contributed by atoms with Gasteiger partial charge < -0.3 is 4.57 Å². The van der Waals surface area contributed by atoms with Crippen LogP contribution in [-0.4, -0.2) is 25.5 Å². The van der Waals surface area contributed by atoms with Crippen molar-refractivity contribution in [2.75, 3.05) is 0 Å². The number of non-ortho nitro benzene ring substituents is 1. The normalized spacial score (nSPS) is 16.1. The maximum atomic E-state index is 12.5. The number of carbonyl (C=O) groups excluding carboxylic acids is 2. The number of imide groups is 1. The highest BCUT2D eigenvalue weighted by molar-refractivity contribution is 8.18. The fraction of sp³-hybridized carbons (Fsp3) is 0.176. The van der Waals surface area contributed by atoms with Gasteiger partial charge in [0.25, 0.3) is 16.8 Å². The molecule has 3 rings (SSSR count). The molecular weight excluding hydrogens is 342 g/mol. The highest BCUT2D eigenvalue weighted by Crippen LogP contribution is 2.33. The van der Waals surface area contributed by atoms with Crippen LogP contribution in [0.25, 0.3) is 6.08 Å². The molecule has 0 unspecified atom stereocenters. The Morgan fingerprint density at radius 2 is 2.00 bits per heavy atom. The van der Waals surface area contributed by atoms with Gasteiger partial charge in [0.15, 0.2) is 0 Å². The smallest absolute Gasteiger partial charge is 0.293 e. The van der Waals surface area contributed by atoms with Crippen LogP contribution in [0.4, 0.5) is 10.5 Å². The van der Waals surface area contributed by atoms with Crippen LogP contribution in [-0.2, 0) is 18.4 Å². The van der Waals surface area contributed by atoms with Gasteiger partial charge in [-0.1, -0.05) is 12.1 Å². The van der Waals surface area contributed by atoms with Gasteiger partial charge in [-0.15, -0.1) is 0 Å². The summed E-state index contributed by atoms with van der Waals surface area (Å²) in [5.41, 5.74) is 2.34. The van der Waals surface area contributed by atoms with Crippen LogP contribution in [0.5, 0.6) is 0 Å². The van der Waals surface area contributed by atoms with E-state index in [0.29, 0.717) is 10.5 Å². The summed E-state index contributed by atoms with van der Waals surface area (Å²) in [4.78, 5) is 36.5. The molecule has 0 radical (unpaired) electrons. The monoisotopic (exact) mass is 357 g/mol. The molecule has 2 amide bonds. The summed E-state index contributed by atoms with van der Waals surface area (Å²) in [6, 6.07) is 9.74. The van der Waals surface area contributed by atoms with E-state index in [9.17, 15) is 19.7 Å². The molecule has 1 fully saturated rings. The zero-order chi connectivity index (χ0) is 18.1. The quantitative estimate of drug-likeness (QED) is 0.475. The van der Waals surface area contributed by atoms with E-state index in [-0.39, 0.29) is 23.4 Å². The molecule has 0 N–H and O–H groups in total. The van der Waals surface area contributed by atoms with Crippen LogP contribution in [0.15, 0.2) is 41.3 Å². The second-order valence-electron chi connectivity index (χ2n) is 5.65. The van der Waals surface area contributed by atoms with Gasteiger partial charge >= 0.3 is 0 Å². The van der Waals surface area contributed by atoms with E-state index < -0.39 is 4.92 Å². The lowest BCUT2D eigenvalue weighted by molar-refractivity contribution is -0.384. The van der Waals surface area contributed by atoms with Gasteiger partial charge in [-0.05, 0) is 42.5 Å². The molecule has 8 heteroatoms. The highest BCUT2D eigenvalue weighted by atomic mass is 32.2. The second-order valence-corrected chi connectivity index (χ2v) is 6.65. The molecular formula is C17H15N3O4S. The lowest BCUT2D eigenvalue weighted by atomic mass is 10.2. The summed E-state index contributed by atoms with van der Waals surface area (Å²) in [7, 11) is 1.88. The van der Waals surface area contributed by atoms with E-state index in [1.165, 1.54) is 18.2 Å². The number of aryl methyl sites for hydroxylation is 1. The van der Waals surface area contributed by atoms with Crippen molar-refractivity contribution >= 4 is 34.7 Å². The molecule has 128 valence electrons. The summed E-state index contributed by atoms with van der Waals surface area (Å²) in [5.74, 6) is -0.389. The third-order valence-corrected chi connectivity index (χ3v) is 4.93. The maximum absolute atomic E-state index is 12.5. The first kappa shape index (κ1) is 17.0. The zero-order valence-corrected chi connectivity index (χ0v) is 14.4. The molecule has 2 heterocycles. The molecule has 1 aromatic heterocycles. The second kappa shape index (κ2) is 6.56. The molecule has 0 spiro atoms. The van der Waals surface area contributed by atoms with Crippen LogP contribution in [0, 0.1) is 17.0 Å². The lowest BCUT2D eigenvalue weighted by Gasteiger charge is -2.12. The van der Waals surface area contributed by atoms with Crippen LogP contribution in [0.3, 0.4) is 0 Å². The summed E-state index contributed by atoms with van der Waals surface area (Å²) < 4.78 is 1.93. The predicted octanol–water partition coefficient (Wildman–Crippen LogP) is 3.48. The minimum atomic E-state index is -0.505. The Kier molecular flexibility index (Phi) is 4.45. The molecule has 1 aliphatic rings. The first-order chi connectivity index (χ1) is 11.9. The van der Waals surface area contributed by atoms with Gasteiger partial charge in [0.2, 0.25) is 0 Å². The Morgan fingerprint density at radius 3 is 2.64 bits per heavy atom. The van der Waals surface area contributed by atoms with E-state index in [4.69, 9.17) is 0 Å². The molecule has 0 atom stereocenters. The average Bonchev–Trinajstić information content (AvgIpc) is 3.03. The molecule has 1 aliphatic heterocycles. The van der Waals surface area contributed by atoms with Gasteiger partial charge in [0, 0.05) is 30.6 Å². The molecule has 0 bridgehead atoms. The zero-order valence-electron chi connectivity index (χ0n) is 13.6. The predicted molar refractivity (Wildman–Crippen MR) is 94.8 cm³/mol. The molecule has 1 aromatic carbocycles. The number of aromatic nitrogens is 1. The first-order valence-electron chi connectivity index (χ1n) is 7.48. The number of amides is 2. The SMILES string of the molecule is Cc1ccc(/C=C2\SC(=O)N(Cc3cccc([N+](=O)[O-])c3)C2=O)n1C. The largest absolute Gasteiger partial charge is 0.348 e. The van der Waals surface area contributed by atoms with E-state index in [0.717, 1.165) is 28.0 Å². The maximum Gasteiger partial charge on any atom is 0.293 e. The van der Waals surface area contributed by atoms with Crippen LogP contribution < -0.4 is 0 Å². The Bertz CT molecular complexity index is 916. The van der Waals surface area contributed by atoms with Crippen LogP contribution in [0.2, 0.25) is 0 Å². The molecule has 1 saturated heterocycles. The van der Waals surface area contributed by atoms with E-state index in [1.807, 2.05) is 30.7 Å². The summed E-state index contributed by atoms with van der Waals surface area (Å²) in [6.07, 6.45) is 1.69. The number of benzene rings is 1. The third-order valence-electron chi connectivity index (χ3n) is 4.03. The minimum Gasteiger partial charge on any atom is -0.348 e. The van der Waals surface area contributed by atoms with Crippen molar-refractivity contribution in [2.45, 2.75) is 13.5 Å². The summed E-state index contributed by atoms with van der Waals surface area (Å²) in [6.45, 7) is 1.96. The summed E-state index contributed by atoms with van der Waals surface area (Å²) >= 11 is 0.876. The third kappa shape index (κ3) is 3.34. The minimum absolute atomic E-state index is 0.00977. The van der Waals surface area contributed by atoms with Gasteiger partial charge in [-0.2, -0.15) is 0 Å². The molecule has 0 aliphatic carbocycles. The van der Waals surface area contributed by atoms with Crippen molar-refractivity contribution in [3.63, 3.8) is 0 Å². The molecule has 7 nitrogen and oxygen atoms in total. The molecule has 0 saturated carbocycles. The highest BCUT2D eigenvalue weighted by Gasteiger charge is 2.35. The fourth-order valence-electron chi connectivity index (χ4n) is 2.50. The van der Waals surface area contributed by atoms with Gasteiger partial charge in [0.05, 0.1) is 16.4 Å². The van der Waals surface area contributed by atoms with Crippen molar-refractivity contribution < 1.29 is 14.5 Å². The average molecular weight is 357 g/mol. The van der Waals surface area contributed by atoms with Gasteiger partial charge in [0.1, 0.15) is 0 Å². The first-order valence-corrected chi connectivity index (χ1v) is 8.29. The number of hydrogen-bond acceptors (Lipinski definition) is 5. The van der Waals surface area contributed by atoms with Crippen LogP contribution >= 0.6 is 11.8 Å². The van der Waals surface area contributed by atoms with Crippen molar-refractivity contribution in [3.8, 4) is 0 Å². The Labute approximate surface area is 148 Å². The number of hydrogen-bond donors (Lipinski definition) is 0. The van der Waals surface area contributed by atoms with Crippen molar-refractivity contribution in [3.05, 3.63) is 68.4 Å². The molecule has 2 aromatic rings. The van der Waals surface area contributed by atoms with E-state index in [1.54, 1.807) is 12.1 Å². The summed E-state index contributed by atoms with van der Waals surface area (Å²) in [5, 5.41) is 10.5. The van der Waals surface area contributed by atoms with Crippen molar-refractivity contribution in [2.24, 2.45) is 7.05 Å². The van der Waals surface area contributed by atoms with Crippen molar-refractivity contribution in [1.82, 2.24) is 9.47 Å². The Balaban J connectivity index is 1.83. The number of carbonyl (C=O) groups is 2. The van der Waals surface area contributed by atoms with Crippen molar-refractivity contribution in [1.29, 1.82) is 0 Å². The number of nitro benzene ring substituents is 1. The molecule has 25 heavy (non-hydrogen) atoms. The van der Waals surface area contributed by atoms with E-state index in [2.05, 4.69) is 0 Å². The van der Waals surface area contributed by atoms with Crippen LogP contribution in [0.1, 0.15) is 17.0 Å². The topological polar surface area (TPSA) is 85.5 Å². The van der Waals surface area contributed by atoms with Gasteiger partial charge in [-0.3, -0.25) is 24.6 Å². The number of nitrogens with zero attached hydrogens (tertiary/aromatic N) is 3. The lowest BCUT2D eigenvalue weighted by Crippen LogP contribution is -2.27. The number of thioether (sulfide) groups is 1. The Hall–Kier alpha value is -2.87. The number of nitro groups is 1. The van der Waals surface area contributed by atoms with Gasteiger partial charge in [-0.25, -0.2) is 0 Å². The standard InChI is InChI=1S/C17H15N3O4S/c1-11-6-7-13(18(11)2)9-15-16(21)19(17(22)25-15)10-12-4-3-5-14(8-12)20(23)24/h3-9H,10H2,1-2H3/b15-9-. The Morgan fingerprint density at radius 1 is 1.24 bits per heavy atom. The van der Waals surface area contributed by atoms with E-state index >= 15 is 0 Å².